The van der Waals surface area contributed by atoms with Crippen LogP contribution in [0.3, 0.4) is 0 Å². The summed E-state index contributed by atoms with van der Waals surface area (Å²) in [5.74, 6) is -0.647. The van der Waals surface area contributed by atoms with Crippen LogP contribution in [0.1, 0.15) is 55.4 Å². The molecule has 4 nitrogen and oxygen atoms in total. The van der Waals surface area contributed by atoms with E-state index in [-0.39, 0.29) is 17.9 Å². The first-order chi connectivity index (χ1) is 11.5. The minimum atomic E-state index is -4.15. The summed E-state index contributed by atoms with van der Waals surface area (Å²) in [4.78, 5) is 0. The average molecular weight is 387 g/mol. The van der Waals surface area contributed by atoms with E-state index in [4.69, 9.17) is 0 Å². The molecule has 142 valence electrons. The fraction of sp³-hybridized carbons (Fsp3) is 0.579. The SMILES string of the molecule is C/C=C(\C)CCCCS(=O)(=O)S(=O)(=O)CCc1c(C)cc(C)cc1C. The number of rotatable bonds is 9. The van der Waals surface area contributed by atoms with Gasteiger partial charge in [0, 0.05) is 0 Å². The molecule has 0 saturated heterocycles. The van der Waals surface area contributed by atoms with Crippen LogP contribution >= 0.6 is 0 Å². The third-order valence-corrected chi connectivity index (χ3v) is 10.1. The Morgan fingerprint density at radius 3 is 1.96 bits per heavy atom. The highest BCUT2D eigenvalue weighted by molar-refractivity contribution is 8.67. The zero-order valence-electron chi connectivity index (χ0n) is 15.9. The Bertz CT molecular complexity index is 809. The van der Waals surface area contributed by atoms with Gasteiger partial charge >= 0.3 is 0 Å². The summed E-state index contributed by atoms with van der Waals surface area (Å²) in [6.45, 7) is 9.77. The van der Waals surface area contributed by atoms with Gasteiger partial charge in [0.05, 0.1) is 11.5 Å². The number of hydrogen-bond acceptors (Lipinski definition) is 4. The number of allylic oxidation sites excluding steroid dienone is 2. The minimum absolute atomic E-state index is 0.233. The fourth-order valence-corrected chi connectivity index (χ4v) is 6.56. The van der Waals surface area contributed by atoms with Crippen molar-refractivity contribution < 1.29 is 16.8 Å². The van der Waals surface area contributed by atoms with Gasteiger partial charge in [-0.1, -0.05) is 29.3 Å². The lowest BCUT2D eigenvalue weighted by Crippen LogP contribution is -2.23. The number of unbranched alkanes of at least 4 members (excludes halogenated alkanes) is 1. The van der Waals surface area contributed by atoms with E-state index in [1.807, 2.05) is 52.8 Å². The van der Waals surface area contributed by atoms with Crippen LogP contribution in [0.2, 0.25) is 0 Å². The lowest BCUT2D eigenvalue weighted by molar-refractivity contribution is 0.579. The summed E-state index contributed by atoms with van der Waals surface area (Å²) >= 11 is 0. The monoisotopic (exact) mass is 386 g/mol. The topological polar surface area (TPSA) is 68.3 Å². The third kappa shape index (κ3) is 6.26. The molecular formula is C19H30O4S2. The Morgan fingerprint density at radius 1 is 0.920 bits per heavy atom. The second-order valence-corrected chi connectivity index (χ2v) is 12.8. The molecule has 0 amide bonds. The standard InChI is InChI=1S/C19H30O4S2/c1-6-15(2)9-7-8-11-24(20,21)25(22,23)12-10-19-17(4)13-16(3)14-18(19)5/h6,13-14H,7-12H2,1-5H3/b15-6+. The zero-order chi connectivity index (χ0) is 19.3. The molecule has 0 radical (unpaired) electrons. The molecule has 1 aromatic carbocycles. The summed E-state index contributed by atoms with van der Waals surface area (Å²) in [5, 5.41) is 0. The lowest BCUT2D eigenvalue weighted by atomic mass is 9.98. The number of hydrogen-bond donors (Lipinski definition) is 0. The maximum atomic E-state index is 12.3. The summed E-state index contributed by atoms with van der Waals surface area (Å²) in [6.07, 6.45) is 4.07. The molecule has 0 bridgehead atoms. The average Bonchev–Trinajstić information content (AvgIpc) is 2.49. The molecular weight excluding hydrogens is 356 g/mol. The predicted molar refractivity (Wildman–Crippen MR) is 105 cm³/mol. The molecule has 6 heteroatoms. The highest BCUT2D eigenvalue weighted by Gasteiger charge is 2.29. The molecule has 0 unspecified atom stereocenters. The molecule has 0 heterocycles. The normalized spacial score (nSPS) is 13.2. The first kappa shape index (κ1) is 21.9. The molecule has 0 aliphatic heterocycles. The fourth-order valence-electron chi connectivity index (χ4n) is 2.91. The van der Waals surface area contributed by atoms with Crippen LogP contribution in [0.5, 0.6) is 0 Å². The van der Waals surface area contributed by atoms with Crippen LogP contribution in [0.15, 0.2) is 23.8 Å². The molecule has 0 N–H and O–H groups in total. The highest BCUT2D eigenvalue weighted by Crippen LogP contribution is 2.19. The first-order valence-corrected chi connectivity index (χ1v) is 12.5. The Hall–Kier alpha value is -1.14. The lowest BCUT2D eigenvalue weighted by Gasteiger charge is -2.12. The quantitative estimate of drug-likeness (QED) is 0.365. The van der Waals surface area contributed by atoms with Crippen molar-refractivity contribution >= 4 is 17.7 Å². The van der Waals surface area contributed by atoms with Crippen molar-refractivity contribution in [3.63, 3.8) is 0 Å². The van der Waals surface area contributed by atoms with Crippen molar-refractivity contribution in [2.24, 2.45) is 0 Å². The van der Waals surface area contributed by atoms with Gasteiger partial charge in [-0.3, -0.25) is 0 Å². The molecule has 0 spiro atoms. The Labute approximate surface area is 152 Å². The van der Waals surface area contributed by atoms with Gasteiger partial charge in [0.25, 0.3) is 17.7 Å². The van der Waals surface area contributed by atoms with Crippen LogP contribution < -0.4 is 0 Å². The largest absolute Gasteiger partial charge is 0.253 e. The molecule has 0 aliphatic rings. The smallest absolute Gasteiger partial charge is 0.213 e. The third-order valence-electron chi connectivity index (χ3n) is 4.54. The zero-order valence-corrected chi connectivity index (χ0v) is 17.6. The van der Waals surface area contributed by atoms with Gasteiger partial charge in [-0.15, -0.1) is 0 Å². The van der Waals surface area contributed by atoms with E-state index < -0.39 is 17.7 Å². The van der Waals surface area contributed by atoms with E-state index in [1.54, 1.807) is 0 Å². The van der Waals surface area contributed by atoms with Crippen molar-refractivity contribution in [3.8, 4) is 0 Å². The van der Waals surface area contributed by atoms with Crippen molar-refractivity contribution in [3.05, 3.63) is 46.0 Å². The van der Waals surface area contributed by atoms with E-state index >= 15 is 0 Å². The molecule has 0 fully saturated rings. The second kappa shape index (κ2) is 8.99. The molecule has 0 aromatic heterocycles. The van der Waals surface area contributed by atoms with E-state index in [0.717, 1.165) is 28.7 Å². The van der Waals surface area contributed by atoms with Crippen LogP contribution in [-0.2, 0) is 24.2 Å². The Balaban J connectivity index is 2.74. The van der Waals surface area contributed by atoms with Gasteiger partial charge in [0.15, 0.2) is 0 Å². The minimum Gasteiger partial charge on any atom is -0.213 e. The summed E-state index contributed by atoms with van der Waals surface area (Å²) in [5.41, 5.74) is 5.24. The van der Waals surface area contributed by atoms with Crippen LogP contribution in [-0.4, -0.2) is 28.3 Å². The molecule has 25 heavy (non-hydrogen) atoms. The van der Waals surface area contributed by atoms with Gasteiger partial charge in [0.1, 0.15) is 0 Å². The molecule has 0 aliphatic carbocycles. The van der Waals surface area contributed by atoms with E-state index in [9.17, 15) is 16.8 Å². The van der Waals surface area contributed by atoms with Gasteiger partial charge in [-0.2, -0.15) is 0 Å². The predicted octanol–water partition coefficient (Wildman–Crippen LogP) is 4.04. The molecule has 1 rings (SSSR count). The van der Waals surface area contributed by atoms with Crippen LogP contribution in [0.25, 0.3) is 0 Å². The molecule has 0 saturated carbocycles. The van der Waals surface area contributed by atoms with Crippen LogP contribution in [0.4, 0.5) is 0 Å². The van der Waals surface area contributed by atoms with Crippen molar-refractivity contribution in [2.45, 2.75) is 60.3 Å². The Morgan fingerprint density at radius 2 is 1.44 bits per heavy atom. The summed E-state index contributed by atoms with van der Waals surface area (Å²) < 4.78 is 49.0. The highest BCUT2D eigenvalue weighted by atomic mass is 33.2. The van der Waals surface area contributed by atoms with Crippen molar-refractivity contribution in [1.29, 1.82) is 0 Å². The Kier molecular flexibility index (Phi) is 7.88. The van der Waals surface area contributed by atoms with E-state index in [0.29, 0.717) is 12.8 Å². The van der Waals surface area contributed by atoms with E-state index in [1.165, 1.54) is 5.57 Å². The maximum Gasteiger partial charge on any atom is 0.253 e. The summed E-state index contributed by atoms with van der Waals surface area (Å²) in [6, 6.07) is 3.99. The number of benzene rings is 1. The van der Waals surface area contributed by atoms with Gasteiger partial charge in [-0.25, -0.2) is 16.8 Å². The second-order valence-electron chi connectivity index (χ2n) is 6.74. The number of aryl methyl sites for hydroxylation is 3. The maximum absolute atomic E-state index is 12.3. The first-order valence-electron chi connectivity index (χ1n) is 8.64. The van der Waals surface area contributed by atoms with E-state index in [2.05, 4.69) is 0 Å². The van der Waals surface area contributed by atoms with Gasteiger partial charge < -0.3 is 0 Å². The van der Waals surface area contributed by atoms with Crippen LogP contribution in [0, 0.1) is 20.8 Å². The summed E-state index contributed by atoms with van der Waals surface area (Å²) in [7, 11) is -8.27. The molecule has 0 atom stereocenters. The molecule has 1 aromatic rings. The van der Waals surface area contributed by atoms with Gasteiger partial charge in [0.2, 0.25) is 0 Å². The van der Waals surface area contributed by atoms with Crippen molar-refractivity contribution in [1.82, 2.24) is 0 Å². The van der Waals surface area contributed by atoms with Crippen molar-refractivity contribution in [2.75, 3.05) is 11.5 Å². The van der Waals surface area contributed by atoms with Gasteiger partial charge in [-0.05, 0) is 77.0 Å².